The van der Waals surface area contributed by atoms with Crippen molar-refractivity contribution in [2.24, 2.45) is 5.92 Å². The van der Waals surface area contributed by atoms with E-state index in [0.29, 0.717) is 0 Å². The van der Waals surface area contributed by atoms with Crippen LogP contribution in [0, 0.1) is 12.8 Å². The fraction of sp³-hybridized carbons (Fsp3) is 0.438. The molecule has 0 amide bonds. The van der Waals surface area contributed by atoms with Crippen LogP contribution >= 0.6 is 0 Å². The zero-order valence-electron chi connectivity index (χ0n) is 11.9. The van der Waals surface area contributed by atoms with E-state index in [1.165, 1.54) is 18.4 Å². The van der Waals surface area contributed by atoms with Gasteiger partial charge in [0.25, 0.3) is 0 Å². The summed E-state index contributed by atoms with van der Waals surface area (Å²) in [5, 5.41) is 3.40. The Morgan fingerprint density at radius 3 is 2.50 bits per heavy atom. The van der Waals surface area contributed by atoms with Crippen molar-refractivity contribution in [3.63, 3.8) is 0 Å². The molecule has 1 saturated heterocycles. The molecule has 0 aliphatic carbocycles. The van der Waals surface area contributed by atoms with Gasteiger partial charge in [0.1, 0.15) is 0 Å². The predicted molar refractivity (Wildman–Crippen MR) is 80.4 cm³/mol. The van der Waals surface area contributed by atoms with Crippen LogP contribution in [0.15, 0.2) is 35.3 Å². The van der Waals surface area contributed by atoms with Gasteiger partial charge in [0.2, 0.25) is 0 Å². The number of aryl methyl sites for hydroxylation is 1. The highest BCUT2D eigenvalue weighted by Crippen LogP contribution is 2.19. The molecule has 2 N–H and O–H groups in total. The first-order chi connectivity index (χ1) is 9.74. The number of aromatic nitrogens is 2. The van der Waals surface area contributed by atoms with Crippen LogP contribution in [0.3, 0.4) is 0 Å². The topological polar surface area (TPSA) is 49.8 Å². The summed E-state index contributed by atoms with van der Waals surface area (Å²) in [7, 11) is 0. The summed E-state index contributed by atoms with van der Waals surface area (Å²) in [4.78, 5) is 14.5. The number of imidazole rings is 1. The van der Waals surface area contributed by atoms with E-state index in [0.717, 1.165) is 36.8 Å². The highest BCUT2D eigenvalue weighted by atomic mass is 16.1. The van der Waals surface area contributed by atoms with E-state index in [2.05, 4.69) is 22.4 Å². The van der Waals surface area contributed by atoms with Crippen LogP contribution < -0.4 is 11.0 Å². The number of H-pyrrole nitrogens is 1. The Bertz CT molecular complexity index is 618. The maximum atomic E-state index is 11.7. The lowest BCUT2D eigenvalue weighted by molar-refractivity contribution is 0.372. The Kier molecular flexibility index (Phi) is 3.74. The maximum Gasteiger partial charge on any atom is 0.330 e. The van der Waals surface area contributed by atoms with Crippen LogP contribution in [0.1, 0.15) is 24.1 Å². The minimum absolute atomic E-state index is 0.0754. The lowest BCUT2D eigenvalue weighted by atomic mass is 9.91. The molecule has 106 valence electrons. The van der Waals surface area contributed by atoms with E-state index < -0.39 is 0 Å². The van der Waals surface area contributed by atoms with Crippen molar-refractivity contribution >= 4 is 0 Å². The number of piperidine rings is 1. The predicted octanol–water partition coefficient (Wildman–Crippen LogP) is 2.02. The normalized spacial score (nSPS) is 16.4. The van der Waals surface area contributed by atoms with E-state index in [9.17, 15) is 4.79 Å². The SMILES string of the molecule is Cc1c[nH]c(=O)n1-c1ccc(CC2CCNCC2)cc1. The number of hydrogen-bond acceptors (Lipinski definition) is 2. The molecular formula is C16H21N3O. The number of nitrogens with one attached hydrogen (secondary N) is 2. The Balaban J connectivity index is 1.76. The minimum Gasteiger partial charge on any atom is -0.317 e. The van der Waals surface area contributed by atoms with Crippen molar-refractivity contribution in [3.8, 4) is 5.69 Å². The molecule has 0 spiro atoms. The van der Waals surface area contributed by atoms with Gasteiger partial charge in [-0.25, -0.2) is 4.79 Å². The molecule has 0 saturated carbocycles. The van der Waals surface area contributed by atoms with Crippen LogP contribution in [-0.2, 0) is 6.42 Å². The highest BCUT2D eigenvalue weighted by molar-refractivity contribution is 5.36. The van der Waals surface area contributed by atoms with E-state index in [1.807, 2.05) is 19.1 Å². The van der Waals surface area contributed by atoms with E-state index in [1.54, 1.807) is 10.8 Å². The molecule has 4 nitrogen and oxygen atoms in total. The van der Waals surface area contributed by atoms with Crippen molar-refractivity contribution in [1.82, 2.24) is 14.9 Å². The van der Waals surface area contributed by atoms with E-state index in [4.69, 9.17) is 0 Å². The smallest absolute Gasteiger partial charge is 0.317 e. The fourth-order valence-electron chi connectivity index (χ4n) is 2.98. The second-order valence-electron chi connectivity index (χ2n) is 5.63. The molecule has 0 radical (unpaired) electrons. The Labute approximate surface area is 118 Å². The van der Waals surface area contributed by atoms with Gasteiger partial charge in [0, 0.05) is 11.9 Å². The van der Waals surface area contributed by atoms with Crippen molar-refractivity contribution < 1.29 is 0 Å². The summed E-state index contributed by atoms with van der Waals surface area (Å²) in [5.41, 5.74) is 3.15. The summed E-state index contributed by atoms with van der Waals surface area (Å²) in [6.07, 6.45) is 5.41. The maximum absolute atomic E-state index is 11.7. The highest BCUT2D eigenvalue weighted by Gasteiger charge is 2.13. The Hall–Kier alpha value is -1.81. The molecule has 2 heterocycles. The Morgan fingerprint density at radius 2 is 1.90 bits per heavy atom. The van der Waals surface area contributed by atoms with Gasteiger partial charge < -0.3 is 10.3 Å². The summed E-state index contributed by atoms with van der Waals surface area (Å²) >= 11 is 0. The second-order valence-corrected chi connectivity index (χ2v) is 5.63. The van der Waals surface area contributed by atoms with Gasteiger partial charge in [-0.3, -0.25) is 4.57 Å². The summed E-state index contributed by atoms with van der Waals surface area (Å²) < 4.78 is 1.70. The average Bonchev–Trinajstić information content (AvgIpc) is 2.81. The van der Waals surface area contributed by atoms with Crippen molar-refractivity contribution in [2.45, 2.75) is 26.2 Å². The van der Waals surface area contributed by atoms with Gasteiger partial charge in [-0.05, 0) is 62.9 Å². The van der Waals surface area contributed by atoms with E-state index >= 15 is 0 Å². The van der Waals surface area contributed by atoms with Gasteiger partial charge in [0.15, 0.2) is 0 Å². The van der Waals surface area contributed by atoms with Crippen LogP contribution in [0.25, 0.3) is 5.69 Å². The molecule has 0 bridgehead atoms. The third-order valence-electron chi connectivity index (χ3n) is 4.14. The zero-order chi connectivity index (χ0) is 13.9. The average molecular weight is 271 g/mol. The van der Waals surface area contributed by atoms with Gasteiger partial charge >= 0.3 is 5.69 Å². The summed E-state index contributed by atoms with van der Waals surface area (Å²) in [6.45, 7) is 4.21. The molecule has 1 aromatic carbocycles. The molecule has 1 aliphatic heterocycles. The number of nitrogens with zero attached hydrogens (tertiary/aromatic N) is 1. The largest absolute Gasteiger partial charge is 0.330 e. The molecule has 1 aromatic heterocycles. The molecule has 0 atom stereocenters. The lowest BCUT2D eigenvalue weighted by Gasteiger charge is -2.22. The number of rotatable bonds is 3. The van der Waals surface area contributed by atoms with Crippen molar-refractivity contribution in [3.05, 3.63) is 52.2 Å². The first-order valence-corrected chi connectivity index (χ1v) is 7.31. The Morgan fingerprint density at radius 1 is 1.20 bits per heavy atom. The summed E-state index contributed by atoms with van der Waals surface area (Å²) in [5.74, 6) is 0.791. The molecule has 1 aliphatic rings. The molecule has 20 heavy (non-hydrogen) atoms. The first-order valence-electron chi connectivity index (χ1n) is 7.31. The molecule has 1 fully saturated rings. The lowest BCUT2D eigenvalue weighted by Crippen LogP contribution is -2.28. The van der Waals surface area contributed by atoms with Gasteiger partial charge in [-0.15, -0.1) is 0 Å². The van der Waals surface area contributed by atoms with Crippen LogP contribution in [-0.4, -0.2) is 22.6 Å². The van der Waals surface area contributed by atoms with Gasteiger partial charge in [-0.2, -0.15) is 0 Å². The third-order valence-corrected chi connectivity index (χ3v) is 4.14. The monoisotopic (exact) mass is 271 g/mol. The summed E-state index contributed by atoms with van der Waals surface area (Å²) in [6, 6.07) is 8.38. The minimum atomic E-state index is -0.0754. The number of benzene rings is 1. The quantitative estimate of drug-likeness (QED) is 0.897. The third kappa shape index (κ3) is 2.70. The fourth-order valence-corrected chi connectivity index (χ4v) is 2.98. The molecule has 2 aromatic rings. The number of hydrogen-bond donors (Lipinski definition) is 2. The molecule has 0 unspecified atom stereocenters. The first kappa shape index (κ1) is 13.2. The molecular weight excluding hydrogens is 250 g/mol. The second kappa shape index (κ2) is 5.67. The zero-order valence-corrected chi connectivity index (χ0v) is 11.9. The van der Waals surface area contributed by atoms with Crippen LogP contribution in [0.2, 0.25) is 0 Å². The molecule has 3 rings (SSSR count). The standard InChI is InChI=1S/C16H21N3O/c1-12-11-18-16(20)19(12)15-4-2-13(3-5-15)10-14-6-8-17-9-7-14/h2-5,11,14,17H,6-10H2,1H3,(H,18,20). The van der Waals surface area contributed by atoms with Crippen molar-refractivity contribution in [1.29, 1.82) is 0 Å². The molecule has 4 heteroatoms. The number of aromatic amines is 1. The van der Waals surface area contributed by atoms with Crippen LogP contribution in [0.4, 0.5) is 0 Å². The van der Waals surface area contributed by atoms with Crippen LogP contribution in [0.5, 0.6) is 0 Å². The van der Waals surface area contributed by atoms with Gasteiger partial charge in [-0.1, -0.05) is 12.1 Å². The van der Waals surface area contributed by atoms with Crippen molar-refractivity contribution in [2.75, 3.05) is 13.1 Å². The van der Waals surface area contributed by atoms with Gasteiger partial charge in [0.05, 0.1) is 5.69 Å². The van der Waals surface area contributed by atoms with E-state index in [-0.39, 0.29) is 5.69 Å².